The van der Waals surface area contributed by atoms with Crippen LogP contribution in [0.15, 0.2) is 47.0 Å². The van der Waals surface area contributed by atoms with Gasteiger partial charge >= 0.3 is 6.03 Å². The summed E-state index contributed by atoms with van der Waals surface area (Å²) in [4.78, 5) is 19.2. The number of aromatic nitrogens is 2. The standard InChI is InChI=1S/C22H23FN4O2/c1-14-6-11-18(15(2)13-14)24-22(28)27-12-4-3-5-19(27)21-25-20(26-29-21)16-7-9-17(23)10-8-16/h6-11,13,19H,3-5,12H2,1-2H3,(H,24,28)/t19-/m1/s1. The van der Waals surface area contributed by atoms with Crippen molar-refractivity contribution in [3.8, 4) is 11.4 Å². The first-order chi connectivity index (χ1) is 14.0. The van der Waals surface area contributed by atoms with E-state index in [1.807, 2.05) is 32.0 Å². The quantitative estimate of drug-likeness (QED) is 0.658. The van der Waals surface area contributed by atoms with E-state index in [1.165, 1.54) is 12.1 Å². The summed E-state index contributed by atoms with van der Waals surface area (Å²) in [6.07, 6.45) is 2.66. The smallest absolute Gasteiger partial charge is 0.322 e. The molecular weight excluding hydrogens is 371 g/mol. The van der Waals surface area contributed by atoms with Gasteiger partial charge in [0.2, 0.25) is 11.7 Å². The van der Waals surface area contributed by atoms with Gasteiger partial charge in [0, 0.05) is 17.8 Å². The summed E-state index contributed by atoms with van der Waals surface area (Å²) in [6.45, 7) is 4.62. The molecule has 1 aliphatic rings. The van der Waals surface area contributed by atoms with Crippen molar-refractivity contribution in [2.24, 2.45) is 0 Å². The van der Waals surface area contributed by atoms with Gasteiger partial charge in [-0.3, -0.25) is 0 Å². The largest absolute Gasteiger partial charge is 0.337 e. The van der Waals surface area contributed by atoms with Crippen LogP contribution >= 0.6 is 0 Å². The molecular formula is C22H23FN4O2. The van der Waals surface area contributed by atoms with Gasteiger partial charge in [0.25, 0.3) is 0 Å². The Balaban J connectivity index is 1.54. The lowest BCUT2D eigenvalue weighted by Gasteiger charge is -2.33. The summed E-state index contributed by atoms with van der Waals surface area (Å²) in [5, 5.41) is 7.03. The van der Waals surface area contributed by atoms with Crippen molar-refractivity contribution >= 4 is 11.7 Å². The zero-order chi connectivity index (χ0) is 20.4. The molecule has 0 spiro atoms. The molecule has 4 rings (SSSR count). The fourth-order valence-corrected chi connectivity index (χ4v) is 3.66. The monoisotopic (exact) mass is 394 g/mol. The summed E-state index contributed by atoms with van der Waals surface area (Å²) in [5.41, 5.74) is 3.63. The van der Waals surface area contributed by atoms with Crippen molar-refractivity contribution in [1.82, 2.24) is 15.0 Å². The van der Waals surface area contributed by atoms with E-state index >= 15 is 0 Å². The van der Waals surface area contributed by atoms with Gasteiger partial charge in [0.1, 0.15) is 11.9 Å². The van der Waals surface area contributed by atoms with Crippen LogP contribution in [-0.2, 0) is 0 Å². The molecule has 0 radical (unpaired) electrons. The van der Waals surface area contributed by atoms with Crippen molar-refractivity contribution in [3.63, 3.8) is 0 Å². The van der Waals surface area contributed by atoms with Gasteiger partial charge in [0.05, 0.1) is 0 Å². The third kappa shape index (κ3) is 4.13. The Labute approximate surface area is 168 Å². The lowest BCUT2D eigenvalue weighted by Crippen LogP contribution is -2.41. The Morgan fingerprint density at radius 2 is 1.97 bits per heavy atom. The number of amides is 2. The van der Waals surface area contributed by atoms with Crippen LogP contribution in [0, 0.1) is 19.7 Å². The van der Waals surface area contributed by atoms with Gasteiger partial charge in [-0.15, -0.1) is 0 Å². The van der Waals surface area contributed by atoms with Gasteiger partial charge in [-0.05, 0) is 69.0 Å². The van der Waals surface area contributed by atoms with Crippen LogP contribution in [0.25, 0.3) is 11.4 Å². The van der Waals surface area contributed by atoms with E-state index in [0.717, 1.165) is 36.1 Å². The van der Waals surface area contributed by atoms with E-state index in [1.54, 1.807) is 17.0 Å². The fraction of sp³-hybridized carbons (Fsp3) is 0.318. The number of likely N-dealkylation sites (tertiary alicyclic amines) is 1. The number of carbonyl (C=O) groups is 1. The molecule has 1 N–H and O–H groups in total. The summed E-state index contributed by atoms with van der Waals surface area (Å²) in [5.74, 6) is 0.471. The van der Waals surface area contributed by atoms with E-state index in [0.29, 0.717) is 23.8 Å². The van der Waals surface area contributed by atoms with E-state index in [-0.39, 0.29) is 17.9 Å². The minimum Gasteiger partial charge on any atom is -0.337 e. The lowest BCUT2D eigenvalue weighted by molar-refractivity contribution is 0.142. The fourth-order valence-electron chi connectivity index (χ4n) is 3.66. The molecule has 0 bridgehead atoms. The molecule has 1 aromatic heterocycles. The highest BCUT2D eigenvalue weighted by molar-refractivity contribution is 5.90. The van der Waals surface area contributed by atoms with E-state index in [4.69, 9.17) is 4.52 Å². The normalized spacial score (nSPS) is 16.7. The third-order valence-corrected chi connectivity index (χ3v) is 5.22. The zero-order valence-corrected chi connectivity index (χ0v) is 16.5. The Kier molecular flexibility index (Phi) is 5.29. The number of anilines is 1. The van der Waals surface area contributed by atoms with Gasteiger partial charge < -0.3 is 14.7 Å². The summed E-state index contributed by atoms with van der Waals surface area (Å²) in [7, 11) is 0. The highest BCUT2D eigenvalue weighted by atomic mass is 19.1. The molecule has 1 fully saturated rings. The third-order valence-electron chi connectivity index (χ3n) is 5.22. The first-order valence-corrected chi connectivity index (χ1v) is 9.75. The van der Waals surface area contributed by atoms with Crippen LogP contribution in [0.5, 0.6) is 0 Å². The molecule has 2 aromatic carbocycles. The molecule has 1 atom stereocenters. The van der Waals surface area contributed by atoms with Crippen molar-refractivity contribution in [1.29, 1.82) is 0 Å². The molecule has 150 valence electrons. The van der Waals surface area contributed by atoms with E-state index in [2.05, 4.69) is 15.5 Å². The molecule has 2 heterocycles. The van der Waals surface area contributed by atoms with E-state index in [9.17, 15) is 9.18 Å². The number of nitrogens with one attached hydrogen (secondary N) is 1. The maximum absolute atomic E-state index is 13.2. The number of nitrogens with zero attached hydrogens (tertiary/aromatic N) is 3. The number of halogens is 1. The molecule has 0 saturated carbocycles. The molecule has 1 aliphatic heterocycles. The predicted octanol–water partition coefficient (Wildman–Crippen LogP) is 5.25. The van der Waals surface area contributed by atoms with Crippen molar-refractivity contribution in [3.05, 3.63) is 65.3 Å². The number of urea groups is 1. The second-order valence-corrected chi connectivity index (χ2v) is 7.42. The number of hydrogen-bond donors (Lipinski definition) is 1. The zero-order valence-electron chi connectivity index (χ0n) is 16.5. The number of aryl methyl sites for hydroxylation is 2. The average Bonchev–Trinajstić information content (AvgIpc) is 3.20. The Morgan fingerprint density at radius 3 is 2.72 bits per heavy atom. The minimum atomic E-state index is -0.320. The minimum absolute atomic E-state index is 0.178. The van der Waals surface area contributed by atoms with Gasteiger partial charge in [-0.1, -0.05) is 22.9 Å². The van der Waals surface area contributed by atoms with Crippen LogP contribution in [0.3, 0.4) is 0 Å². The first-order valence-electron chi connectivity index (χ1n) is 9.75. The number of hydrogen-bond acceptors (Lipinski definition) is 4. The number of rotatable bonds is 3. The number of carbonyl (C=O) groups excluding carboxylic acids is 1. The molecule has 6 nitrogen and oxygen atoms in total. The maximum atomic E-state index is 13.2. The van der Waals surface area contributed by atoms with Crippen LogP contribution in [0.4, 0.5) is 14.9 Å². The SMILES string of the molecule is Cc1ccc(NC(=O)N2CCCC[C@@H]2c2nc(-c3ccc(F)cc3)no2)c(C)c1. The van der Waals surface area contributed by atoms with Gasteiger partial charge in [0.15, 0.2) is 0 Å². The van der Waals surface area contributed by atoms with Gasteiger partial charge in [-0.2, -0.15) is 4.98 Å². The van der Waals surface area contributed by atoms with E-state index < -0.39 is 0 Å². The Morgan fingerprint density at radius 1 is 1.17 bits per heavy atom. The summed E-state index contributed by atoms with van der Waals surface area (Å²) < 4.78 is 18.6. The van der Waals surface area contributed by atoms with Crippen LogP contribution in [-0.4, -0.2) is 27.6 Å². The molecule has 0 unspecified atom stereocenters. The summed E-state index contributed by atoms with van der Waals surface area (Å²) >= 11 is 0. The number of piperidine rings is 1. The number of benzene rings is 2. The van der Waals surface area contributed by atoms with Gasteiger partial charge in [-0.25, -0.2) is 9.18 Å². The second-order valence-electron chi connectivity index (χ2n) is 7.42. The maximum Gasteiger partial charge on any atom is 0.322 e. The van der Waals surface area contributed by atoms with Crippen LogP contribution in [0.2, 0.25) is 0 Å². The Bertz CT molecular complexity index is 1020. The highest BCUT2D eigenvalue weighted by Crippen LogP contribution is 2.32. The average molecular weight is 394 g/mol. The Hall–Kier alpha value is -3.22. The molecule has 3 aromatic rings. The molecule has 7 heteroatoms. The molecule has 0 aliphatic carbocycles. The lowest BCUT2D eigenvalue weighted by atomic mass is 10.0. The van der Waals surface area contributed by atoms with Crippen molar-refractivity contribution in [2.45, 2.75) is 39.2 Å². The highest BCUT2D eigenvalue weighted by Gasteiger charge is 2.32. The first kappa shape index (κ1) is 19.1. The van der Waals surface area contributed by atoms with Crippen LogP contribution < -0.4 is 5.32 Å². The predicted molar refractivity (Wildman–Crippen MR) is 108 cm³/mol. The molecule has 2 amide bonds. The topological polar surface area (TPSA) is 71.3 Å². The van der Waals surface area contributed by atoms with Crippen molar-refractivity contribution < 1.29 is 13.7 Å². The van der Waals surface area contributed by atoms with Crippen LogP contribution in [0.1, 0.15) is 42.3 Å². The molecule has 1 saturated heterocycles. The van der Waals surface area contributed by atoms with Crippen molar-refractivity contribution in [2.75, 3.05) is 11.9 Å². The molecule has 29 heavy (non-hydrogen) atoms. The second kappa shape index (κ2) is 8.03. The summed E-state index contributed by atoms with van der Waals surface area (Å²) in [6, 6.07) is 11.4.